The molecular weight excluding hydrogens is 276 g/mol. The first-order valence-electron chi connectivity index (χ1n) is 6.69. The van der Waals surface area contributed by atoms with Crippen molar-refractivity contribution in [3.63, 3.8) is 0 Å². The lowest BCUT2D eigenvalue weighted by molar-refractivity contribution is -0.138. The van der Waals surface area contributed by atoms with Crippen LogP contribution in [-0.2, 0) is 11.3 Å². The molecule has 0 atom stereocenters. The third kappa shape index (κ3) is 4.23. The zero-order valence-corrected chi connectivity index (χ0v) is 12.6. The van der Waals surface area contributed by atoms with E-state index in [9.17, 15) is 9.59 Å². The highest BCUT2D eigenvalue weighted by Gasteiger charge is 2.35. The maximum Gasteiger partial charge on any atom is 0.318 e. The summed E-state index contributed by atoms with van der Waals surface area (Å²) < 4.78 is 0. The Morgan fingerprint density at radius 2 is 2.20 bits per heavy atom. The molecule has 1 heterocycles. The first kappa shape index (κ1) is 14.8. The van der Waals surface area contributed by atoms with Crippen molar-refractivity contribution in [3.8, 4) is 0 Å². The zero-order valence-electron chi connectivity index (χ0n) is 11.8. The Hall–Kier alpha value is -1.56. The molecule has 20 heavy (non-hydrogen) atoms. The van der Waals surface area contributed by atoms with E-state index in [4.69, 9.17) is 5.11 Å². The third-order valence-corrected chi connectivity index (χ3v) is 3.95. The Morgan fingerprint density at radius 3 is 2.70 bits per heavy atom. The SMILES string of the molecule is CC(C)(CC(=O)O)NC(=O)N(Cc1ccsc1)C1CC1. The van der Waals surface area contributed by atoms with Crippen LogP contribution in [0.25, 0.3) is 0 Å². The van der Waals surface area contributed by atoms with Crippen molar-refractivity contribution in [2.75, 3.05) is 0 Å². The molecule has 1 aromatic heterocycles. The molecule has 1 fully saturated rings. The number of aliphatic carboxylic acids is 1. The average molecular weight is 296 g/mol. The lowest BCUT2D eigenvalue weighted by Gasteiger charge is -2.30. The number of amides is 2. The van der Waals surface area contributed by atoms with Gasteiger partial charge in [-0.2, -0.15) is 11.3 Å². The monoisotopic (exact) mass is 296 g/mol. The number of nitrogens with zero attached hydrogens (tertiary/aromatic N) is 1. The van der Waals surface area contributed by atoms with Gasteiger partial charge in [0, 0.05) is 18.1 Å². The number of hydrogen-bond acceptors (Lipinski definition) is 3. The molecule has 2 amide bonds. The summed E-state index contributed by atoms with van der Waals surface area (Å²) >= 11 is 1.61. The van der Waals surface area contributed by atoms with Crippen molar-refractivity contribution in [1.29, 1.82) is 0 Å². The molecule has 1 aliphatic carbocycles. The lowest BCUT2D eigenvalue weighted by Crippen LogP contribution is -2.51. The smallest absolute Gasteiger partial charge is 0.318 e. The fourth-order valence-electron chi connectivity index (χ4n) is 2.12. The van der Waals surface area contributed by atoms with Gasteiger partial charge < -0.3 is 15.3 Å². The van der Waals surface area contributed by atoms with E-state index in [1.54, 1.807) is 25.2 Å². The quantitative estimate of drug-likeness (QED) is 0.848. The maximum absolute atomic E-state index is 12.4. The molecule has 0 spiro atoms. The normalized spacial score (nSPS) is 14.9. The van der Waals surface area contributed by atoms with Crippen molar-refractivity contribution in [2.45, 2.75) is 51.2 Å². The van der Waals surface area contributed by atoms with E-state index in [-0.39, 0.29) is 18.5 Å². The van der Waals surface area contributed by atoms with Gasteiger partial charge in [-0.3, -0.25) is 4.79 Å². The van der Waals surface area contributed by atoms with E-state index in [1.807, 2.05) is 21.7 Å². The molecular formula is C14H20N2O3S. The van der Waals surface area contributed by atoms with Crippen LogP contribution in [0, 0.1) is 0 Å². The first-order valence-corrected chi connectivity index (χ1v) is 7.63. The summed E-state index contributed by atoms with van der Waals surface area (Å²) in [6.45, 7) is 4.05. The summed E-state index contributed by atoms with van der Waals surface area (Å²) in [4.78, 5) is 25.0. The van der Waals surface area contributed by atoms with Crippen molar-refractivity contribution in [3.05, 3.63) is 22.4 Å². The summed E-state index contributed by atoms with van der Waals surface area (Å²) in [5.74, 6) is -0.911. The molecule has 1 aromatic rings. The Labute approximate surface area is 122 Å². The van der Waals surface area contributed by atoms with Gasteiger partial charge in [0.1, 0.15) is 0 Å². The highest BCUT2D eigenvalue weighted by atomic mass is 32.1. The minimum absolute atomic E-state index is 0.0876. The number of nitrogens with one attached hydrogen (secondary N) is 1. The molecule has 2 N–H and O–H groups in total. The standard InChI is InChI=1S/C14H20N2O3S/c1-14(2,7-12(17)18)15-13(19)16(11-3-4-11)8-10-5-6-20-9-10/h5-6,9,11H,3-4,7-8H2,1-2H3,(H,15,19)(H,17,18). The van der Waals surface area contributed by atoms with Gasteiger partial charge in [-0.05, 0) is 49.1 Å². The summed E-state index contributed by atoms with van der Waals surface area (Å²) in [6, 6.07) is 2.12. The first-order chi connectivity index (χ1) is 9.37. The van der Waals surface area contributed by atoms with Crippen LogP contribution in [0.3, 0.4) is 0 Å². The molecule has 6 heteroatoms. The highest BCUT2D eigenvalue weighted by molar-refractivity contribution is 7.07. The minimum atomic E-state index is -0.911. The van der Waals surface area contributed by atoms with E-state index >= 15 is 0 Å². The Morgan fingerprint density at radius 1 is 1.50 bits per heavy atom. The van der Waals surface area contributed by atoms with E-state index in [0.29, 0.717) is 6.54 Å². The summed E-state index contributed by atoms with van der Waals surface area (Å²) in [6.07, 6.45) is 1.96. The predicted molar refractivity (Wildman–Crippen MR) is 77.7 cm³/mol. The largest absolute Gasteiger partial charge is 0.481 e. The van der Waals surface area contributed by atoms with Gasteiger partial charge in [-0.15, -0.1) is 0 Å². The predicted octanol–water partition coefficient (Wildman–Crippen LogP) is 2.68. The van der Waals surface area contributed by atoms with Gasteiger partial charge in [-0.1, -0.05) is 0 Å². The molecule has 0 radical (unpaired) electrons. The van der Waals surface area contributed by atoms with Gasteiger partial charge in [0.15, 0.2) is 0 Å². The number of hydrogen-bond donors (Lipinski definition) is 2. The fraction of sp³-hybridized carbons (Fsp3) is 0.571. The van der Waals surface area contributed by atoms with Crippen molar-refractivity contribution in [1.82, 2.24) is 10.2 Å². The second-order valence-electron chi connectivity index (χ2n) is 5.88. The molecule has 2 rings (SSSR count). The van der Waals surface area contributed by atoms with Crippen molar-refractivity contribution < 1.29 is 14.7 Å². The number of rotatable bonds is 6. The third-order valence-electron chi connectivity index (χ3n) is 3.22. The van der Waals surface area contributed by atoms with Gasteiger partial charge in [0.25, 0.3) is 0 Å². The maximum atomic E-state index is 12.4. The van der Waals surface area contributed by atoms with Crippen LogP contribution in [-0.4, -0.2) is 33.6 Å². The number of carbonyl (C=O) groups excluding carboxylic acids is 1. The number of carbonyl (C=O) groups is 2. The van der Waals surface area contributed by atoms with Crippen LogP contribution in [0.15, 0.2) is 16.8 Å². The van der Waals surface area contributed by atoms with Crippen LogP contribution in [0.5, 0.6) is 0 Å². The topological polar surface area (TPSA) is 69.6 Å². The van der Waals surface area contributed by atoms with Gasteiger partial charge >= 0.3 is 12.0 Å². The lowest BCUT2D eigenvalue weighted by atomic mass is 10.0. The van der Waals surface area contributed by atoms with Gasteiger partial charge in [0.05, 0.1) is 6.42 Å². The van der Waals surface area contributed by atoms with E-state index in [0.717, 1.165) is 18.4 Å². The number of carboxylic acids is 1. The Kier molecular flexibility index (Phi) is 4.32. The van der Waals surface area contributed by atoms with Crippen LogP contribution in [0.1, 0.15) is 38.7 Å². The zero-order chi connectivity index (χ0) is 14.8. The Balaban J connectivity index is 1.98. The molecule has 5 nitrogen and oxygen atoms in total. The molecule has 1 aliphatic rings. The van der Waals surface area contributed by atoms with E-state index in [2.05, 4.69) is 5.32 Å². The van der Waals surface area contributed by atoms with Crippen LogP contribution in [0.2, 0.25) is 0 Å². The molecule has 0 aromatic carbocycles. The van der Waals surface area contributed by atoms with Gasteiger partial charge in [-0.25, -0.2) is 4.79 Å². The van der Waals surface area contributed by atoms with Crippen molar-refractivity contribution >= 4 is 23.3 Å². The van der Waals surface area contributed by atoms with E-state index < -0.39 is 11.5 Å². The molecule has 0 saturated heterocycles. The van der Waals surface area contributed by atoms with Gasteiger partial charge in [0.2, 0.25) is 0 Å². The second kappa shape index (κ2) is 5.83. The molecule has 1 saturated carbocycles. The number of carboxylic acid groups (broad SMARTS) is 1. The minimum Gasteiger partial charge on any atom is -0.481 e. The summed E-state index contributed by atoms with van der Waals surface area (Å²) in [7, 11) is 0. The van der Waals surface area contributed by atoms with Crippen LogP contribution >= 0.6 is 11.3 Å². The molecule has 110 valence electrons. The fourth-order valence-corrected chi connectivity index (χ4v) is 2.78. The number of thiophene rings is 1. The molecule has 0 aliphatic heterocycles. The average Bonchev–Trinajstić information content (AvgIpc) is 3.00. The molecule has 0 unspecified atom stereocenters. The summed E-state index contributed by atoms with van der Waals surface area (Å²) in [5.41, 5.74) is 0.373. The van der Waals surface area contributed by atoms with Crippen LogP contribution in [0.4, 0.5) is 4.79 Å². The van der Waals surface area contributed by atoms with Crippen molar-refractivity contribution in [2.24, 2.45) is 0 Å². The van der Waals surface area contributed by atoms with E-state index in [1.165, 1.54) is 0 Å². The molecule has 0 bridgehead atoms. The highest BCUT2D eigenvalue weighted by Crippen LogP contribution is 2.29. The Bertz CT molecular complexity index is 481. The van der Waals surface area contributed by atoms with Crippen LogP contribution < -0.4 is 5.32 Å². The number of urea groups is 1. The second-order valence-corrected chi connectivity index (χ2v) is 6.66. The summed E-state index contributed by atoms with van der Waals surface area (Å²) in [5, 5.41) is 15.7.